The number of hydrogen-bond donors (Lipinski definition) is 0. The number of hydrogen-bond acceptors (Lipinski definition) is 2. The average Bonchev–Trinajstić information content (AvgIpc) is 2.72. The highest BCUT2D eigenvalue weighted by atomic mass is 79.9. The van der Waals surface area contributed by atoms with E-state index in [1.165, 1.54) is 0 Å². The van der Waals surface area contributed by atoms with Crippen molar-refractivity contribution >= 4 is 22.2 Å². The number of imidazole rings is 1. The van der Waals surface area contributed by atoms with Gasteiger partial charge in [0, 0.05) is 16.6 Å². The summed E-state index contributed by atoms with van der Waals surface area (Å²) >= 11 is 3.46. The van der Waals surface area contributed by atoms with E-state index in [-0.39, 0.29) is 0 Å². The van der Waals surface area contributed by atoms with Crippen LogP contribution in [0.5, 0.6) is 0 Å². The molecule has 0 N–H and O–H groups in total. The van der Waals surface area contributed by atoms with E-state index in [2.05, 4.69) is 20.9 Å². The molecule has 1 aromatic heterocycles. The molecular weight excluding hydrogens is 268 g/mol. The topological polar surface area (TPSA) is 34.9 Å². The van der Waals surface area contributed by atoms with Crippen molar-refractivity contribution in [3.8, 4) is 11.3 Å². The van der Waals surface area contributed by atoms with Crippen LogP contribution in [-0.4, -0.2) is 15.8 Å². The summed E-state index contributed by atoms with van der Waals surface area (Å²) in [6.07, 6.45) is 2.55. The first kappa shape index (κ1) is 11.1. The van der Waals surface area contributed by atoms with Crippen molar-refractivity contribution in [3.63, 3.8) is 0 Å². The molecule has 0 fully saturated rings. The summed E-state index contributed by atoms with van der Waals surface area (Å²) in [4.78, 5) is 15.4. The second kappa shape index (κ2) is 4.61. The minimum Gasteiger partial charge on any atom is -0.328 e. The summed E-state index contributed by atoms with van der Waals surface area (Å²) in [6, 6.07) is 7.75. The first-order chi connectivity index (χ1) is 7.77. The Morgan fingerprint density at radius 2 is 2.19 bits per heavy atom. The van der Waals surface area contributed by atoms with Crippen molar-refractivity contribution in [3.05, 3.63) is 40.8 Å². The number of carbonyl (C=O) groups is 1. The lowest BCUT2D eigenvalue weighted by molar-refractivity contribution is 0.111. The molecule has 2 rings (SSSR count). The molecule has 0 aliphatic heterocycles. The first-order valence-corrected chi connectivity index (χ1v) is 5.82. The second-order valence-electron chi connectivity index (χ2n) is 3.36. The van der Waals surface area contributed by atoms with E-state index in [0.29, 0.717) is 5.69 Å². The van der Waals surface area contributed by atoms with Crippen LogP contribution >= 0.6 is 15.9 Å². The minimum atomic E-state index is 0.620. The summed E-state index contributed by atoms with van der Waals surface area (Å²) < 4.78 is 2.78. The molecule has 82 valence electrons. The fourth-order valence-corrected chi connectivity index (χ4v) is 2.10. The standard InChI is InChI=1S/C12H11BrN2O/c1-2-15-8-14-12(11(15)7-16)9-5-3-4-6-10(9)13/h3-8H,2H2,1H3. The summed E-state index contributed by atoms with van der Waals surface area (Å²) in [5.41, 5.74) is 2.29. The molecule has 0 aliphatic rings. The van der Waals surface area contributed by atoms with Gasteiger partial charge in [-0.3, -0.25) is 4.79 Å². The molecule has 0 spiro atoms. The molecule has 0 atom stereocenters. The molecule has 0 radical (unpaired) electrons. The Hall–Kier alpha value is -1.42. The number of aryl methyl sites for hydroxylation is 1. The lowest BCUT2D eigenvalue weighted by Gasteiger charge is -2.03. The van der Waals surface area contributed by atoms with Gasteiger partial charge in [0.05, 0.1) is 6.33 Å². The van der Waals surface area contributed by atoms with Gasteiger partial charge in [-0.1, -0.05) is 34.1 Å². The lowest BCUT2D eigenvalue weighted by atomic mass is 10.1. The van der Waals surface area contributed by atoms with Gasteiger partial charge in [-0.25, -0.2) is 4.98 Å². The maximum absolute atomic E-state index is 11.1. The van der Waals surface area contributed by atoms with Crippen LogP contribution in [0.15, 0.2) is 35.1 Å². The van der Waals surface area contributed by atoms with Crippen LogP contribution in [0, 0.1) is 0 Å². The Balaban J connectivity index is 2.61. The zero-order valence-corrected chi connectivity index (χ0v) is 10.4. The summed E-state index contributed by atoms with van der Waals surface area (Å²) in [5, 5.41) is 0. The number of aldehydes is 1. The third-order valence-corrected chi connectivity index (χ3v) is 3.15. The molecule has 0 unspecified atom stereocenters. The number of aromatic nitrogens is 2. The third kappa shape index (κ3) is 1.80. The second-order valence-corrected chi connectivity index (χ2v) is 4.22. The smallest absolute Gasteiger partial charge is 0.168 e. The van der Waals surface area contributed by atoms with E-state index in [4.69, 9.17) is 0 Å². The quantitative estimate of drug-likeness (QED) is 0.809. The van der Waals surface area contributed by atoms with Crippen LogP contribution in [0.4, 0.5) is 0 Å². The molecule has 0 aliphatic carbocycles. The molecule has 0 saturated carbocycles. The van der Waals surface area contributed by atoms with Crippen LogP contribution in [0.25, 0.3) is 11.3 Å². The summed E-state index contributed by atoms with van der Waals surface area (Å²) in [7, 11) is 0. The fourth-order valence-electron chi connectivity index (χ4n) is 1.63. The zero-order valence-electron chi connectivity index (χ0n) is 8.85. The molecule has 0 saturated heterocycles. The van der Waals surface area contributed by atoms with Crippen LogP contribution in [0.1, 0.15) is 17.4 Å². The highest BCUT2D eigenvalue weighted by molar-refractivity contribution is 9.10. The Morgan fingerprint density at radius 1 is 1.44 bits per heavy atom. The Labute approximate surface area is 102 Å². The zero-order chi connectivity index (χ0) is 11.5. The predicted molar refractivity (Wildman–Crippen MR) is 66.4 cm³/mol. The van der Waals surface area contributed by atoms with Gasteiger partial charge >= 0.3 is 0 Å². The molecule has 1 aromatic carbocycles. The molecule has 16 heavy (non-hydrogen) atoms. The van der Waals surface area contributed by atoms with Gasteiger partial charge < -0.3 is 4.57 Å². The maximum atomic E-state index is 11.1. The first-order valence-electron chi connectivity index (χ1n) is 5.03. The van der Waals surface area contributed by atoms with Gasteiger partial charge in [-0.05, 0) is 13.0 Å². The number of rotatable bonds is 3. The molecule has 0 amide bonds. The van der Waals surface area contributed by atoms with E-state index >= 15 is 0 Å². The van der Waals surface area contributed by atoms with Crippen molar-refractivity contribution in [1.82, 2.24) is 9.55 Å². The number of halogens is 1. The molecule has 4 heteroatoms. The normalized spacial score (nSPS) is 10.4. The summed E-state index contributed by atoms with van der Waals surface area (Å²) in [5.74, 6) is 0. The van der Waals surface area contributed by atoms with Crippen LogP contribution < -0.4 is 0 Å². The minimum absolute atomic E-state index is 0.620. The van der Waals surface area contributed by atoms with E-state index < -0.39 is 0 Å². The van der Waals surface area contributed by atoms with Gasteiger partial charge in [0.2, 0.25) is 0 Å². The van der Waals surface area contributed by atoms with E-state index in [1.807, 2.05) is 35.8 Å². The number of benzene rings is 1. The van der Waals surface area contributed by atoms with E-state index in [9.17, 15) is 4.79 Å². The Morgan fingerprint density at radius 3 is 2.81 bits per heavy atom. The Bertz CT molecular complexity index is 519. The van der Waals surface area contributed by atoms with Crippen LogP contribution in [0.3, 0.4) is 0 Å². The van der Waals surface area contributed by atoms with Crippen molar-refractivity contribution in [1.29, 1.82) is 0 Å². The molecule has 0 bridgehead atoms. The van der Waals surface area contributed by atoms with Gasteiger partial charge in [0.15, 0.2) is 6.29 Å². The number of nitrogens with zero attached hydrogens (tertiary/aromatic N) is 2. The Kier molecular flexibility index (Phi) is 3.19. The fraction of sp³-hybridized carbons (Fsp3) is 0.167. The van der Waals surface area contributed by atoms with Crippen molar-refractivity contribution < 1.29 is 4.79 Å². The third-order valence-electron chi connectivity index (χ3n) is 2.46. The van der Waals surface area contributed by atoms with E-state index in [1.54, 1.807) is 6.33 Å². The highest BCUT2D eigenvalue weighted by Crippen LogP contribution is 2.28. The monoisotopic (exact) mass is 278 g/mol. The highest BCUT2D eigenvalue weighted by Gasteiger charge is 2.13. The van der Waals surface area contributed by atoms with Crippen LogP contribution in [-0.2, 0) is 6.54 Å². The molecule has 3 nitrogen and oxygen atoms in total. The van der Waals surface area contributed by atoms with E-state index in [0.717, 1.165) is 28.6 Å². The maximum Gasteiger partial charge on any atom is 0.168 e. The van der Waals surface area contributed by atoms with Gasteiger partial charge in [-0.15, -0.1) is 0 Å². The molecule has 2 aromatic rings. The number of carbonyl (C=O) groups excluding carboxylic acids is 1. The lowest BCUT2D eigenvalue weighted by Crippen LogP contribution is -1.98. The van der Waals surface area contributed by atoms with Gasteiger partial charge in [0.1, 0.15) is 11.4 Å². The molecule has 1 heterocycles. The van der Waals surface area contributed by atoms with Crippen molar-refractivity contribution in [2.75, 3.05) is 0 Å². The SMILES string of the molecule is CCn1cnc(-c2ccccc2Br)c1C=O. The van der Waals surface area contributed by atoms with Gasteiger partial charge in [0.25, 0.3) is 0 Å². The summed E-state index contributed by atoms with van der Waals surface area (Å²) in [6.45, 7) is 2.73. The van der Waals surface area contributed by atoms with Gasteiger partial charge in [-0.2, -0.15) is 0 Å². The molecular formula is C12H11BrN2O. The predicted octanol–water partition coefficient (Wildman–Crippen LogP) is 3.15. The van der Waals surface area contributed by atoms with Crippen molar-refractivity contribution in [2.45, 2.75) is 13.5 Å². The van der Waals surface area contributed by atoms with Crippen LogP contribution in [0.2, 0.25) is 0 Å². The average molecular weight is 279 g/mol. The largest absolute Gasteiger partial charge is 0.328 e. The van der Waals surface area contributed by atoms with Crippen molar-refractivity contribution in [2.24, 2.45) is 0 Å².